The van der Waals surface area contributed by atoms with E-state index in [0.717, 1.165) is 22.3 Å². The van der Waals surface area contributed by atoms with Crippen molar-refractivity contribution in [1.29, 1.82) is 0 Å². The topological polar surface area (TPSA) is 43.4 Å². The highest BCUT2D eigenvalue weighted by Crippen LogP contribution is 2.27. The average molecular weight is 399 g/mol. The molecule has 5 heteroatoms. The summed E-state index contributed by atoms with van der Waals surface area (Å²) in [5.74, 6) is -1.41. The van der Waals surface area contributed by atoms with Gasteiger partial charge < -0.3 is 4.74 Å². The van der Waals surface area contributed by atoms with Crippen molar-refractivity contribution in [3.05, 3.63) is 94.0 Å². The Morgan fingerprint density at radius 2 is 1.37 bits per heavy atom. The van der Waals surface area contributed by atoms with Gasteiger partial charge in [-0.25, -0.2) is 4.79 Å². The number of esters is 1. The van der Waals surface area contributed by atoms with E-state index in [1.807, 2.05) is 54.6 Å². The Kier molecular flexibility index (Phi) is 6.28. The van der Waals surface area contributed by atoms with E-state index in [-0.39, 0.29) is 13.0 Å². The van der Waals surface area contributed by atoms with Gasteiger partial charge in [-0.3, -0.25) is 4.79 Å². The lowest BCUT2D eigenvalue weighted by molar-refractivity contribution is -0.154. The zero-order valence-corrected chi connectivity index (χ0v) is 15.8. The fraction of sp³-hybridized carbons (Fsp3) is 0.0909. The lowest BCUT2D eigenvalue weighted by Gasteiger charge is -2.06. The Labute approximate surface area is 167 Å². The first-order valence-electron chi connectivity index (χ1n) is 8.30. The molecule has 0 aliphatic heterocycles. The van der Waals surface area contributed by atoms with E-state index >= 15 is 0 Å². The summed E-state index contributed by atoms with van der Waals surface area (Å²) in [4.78, 5) is 24.0. The van der Waals surface area contributed by atoms with Crippen LogP contribution in [-0.4, -0.2) is 11.8 Å². The highest BCUT2D eigenvalue weighted by atomic mass is 35.5. The summed E-state index contributed by atoms with van der Waals surface area (Å²) >= 11 is 12.1. The molecule has 0 N–H and O–H groups in total. The highest BCUT2D eigenvalue weighted by molar-refractivity contribution is 6.35. The van der Waals surface area contributed by atoms with E-state index in [1.54, 1.807) is 18.2 Å². The van der Waals surface area contributed by atoms with Crippen molar-refractivity contribution >= 4 is 35.0 Å². The summed E-state index contributed by atoms with van der Waals surface area (Å²) in [5, 5.41) is 1.11. The molecule has 0 radical (unpaired) electrons. The summed E-state index contributed by atoms with van der Waals surface area (Å²) in [6.45, 7) is 0.0832. The van der Waals surface area contributed by atoms with Crippen molar-refractivity contribution in [2.24, 2.45) is 0 Å². The van der Waals surface area contributed by atoms with Gasteiger partial charge in [-0.1, -0.05) is 77.8 Å². The van der Waals surface area contributed by atoms with Crippen molar-refractivity contribution in [1.82, 2.24) is 0 Å². The van der Waals surface area contributed by atoms with Crippen LogP contribution in [0.4, 0.5) is 0 Å². The Balaban J connectivity index is 1.60. The maximum Gasteiger partial charge on any atom is 0.375 e. The van der Waals surface area contributed by atoms with Crippen molar-refractivity contribution in [3.8, 4) is 11.1 Å². The van der Waals surface area contributed by atoms with Crippen LogP contribution < -0.4 is 0 Å². The van der Waals surface area contributed by atoms with Crippen LogP contribution in [-0.2, 0) is 27.4 Å². The molecule has 136 valence electrons. The fourth-order valence-corrected chi connectivity index (χ4v) is 3.12. The Morgan fingerprint density at radius 3 is 2.00 bits per heavy atom. The van der Waals surface area contributed by atoms with Gasteiger partial charge in [0.05, 0.1) is 0 Å². The number of benzene rings is 3. The third-order valence-corrected chi connectivity index (χ3v) is 4.39. The molecule has 0 atom stereocenters. The second-order valence-electron chi connectivity index (χ2n) is 6.02. The molecule has 0 aliphatic carbocycles. The fourth-order valence-electron chi connectivity index (χ4n) is 2.60. The van der Waals surface area contributed by atoms with Gasteiger partial charge in [0.1, 0.15) is 6.61 Å². The Bertz CT molecular complexity index is 931. The summed E-state index contributed by atoms with van der Waals surface area (Å²) in [5.41, 5.74) is 3.37. The van der Waals surface area contributed by atoms with Gasteiger partial charge >= 0.3 is 5.97 Å². The van der Waals surface area contributed by atoms with Crippen LogP contribution in [0.3, 0.4) is 0 Å². The number of ether oxygens (including phenoxy) is 1. The van der Waals surface area contributed by atoms with Crippen molar-refractivity contribution in [2.75, 3.05) is 0 Å². The third-order valence-electron chi connectivity index (χ3n) is 3.95. The second kappa shape index (κ2) is 8.85. The van der Waals surface area contributed by atoms with E-state index in [0.29, 0.717) is 10.0 Å². The lowest BCUT2D eigenvalue weighted by Crippen LogP contribution is -2.19. The molecule has 0 unspecified atom stereocenters. The van der Waals surface area contributed by atoms with Crippen LogP contribution in [0.2, 0.25) is 10.0 Å². The first kappa shape index (κ1) is 19.2. The molecular formula is C22H16Cl2O3. The number of halogens is 2. The second-order valence-corrected chi connectivity index (χ2v) is 6.89. The third kappa shape index (κ3) is 5.43. The smallest absolute Gasteiger partial charge is 0.375 e. The van der Waals surface area contributed by atoms with E-state index in [2.05, 4.69) is 0 Å². The zero-order chi connectivity index (χ0) is 19.2. The standard InChI is InChI=1S/C22H16Cl2O3/c23-19-11-18(12-20(24)13-19)17-8-6-15(7-9-17)10-21(25)22(26)27-14-16-4-2-1-3-5-16/h1-9,11-13H,10,14H2. The van der Waals surface area contributed by atoms with Crippen molar-refractivity contribution in [3.63, 3.8) is 0 Å². The molecule has 0 amide bonds. The van der Waals surface area contributed by atoms with Crippen LogP contribution in [0.5, 0.6) is 0 Å². The molecule has 3 rings (SSSR count). The molecule has 3 aromatic rings. The molecule has 0 aromatic heterocycles. The van der Waals surface area contributed by atoms with Crippen LogP contribution in [0.1, 0.15) is 11.1 Å². The van der Waals surface area contributed by atoms with Gasteiger partial charge in [0.15, 0.2) is 0 Å². The van der Waals surface area contributed by atoms with Gasteiger partial charge in [0, 0.05) is 16.5 Å². The highest BCUT2D eigenvalue weighted by Gasteiger charge is 2.16. The van der Waals surface area contributed by atoms with Gasteiger partial charge in [-0.15, -0.1) is 0 Å². The van der Waals surface area contributed by atoms with Gasteiger partial charge in [0.25, 0.3) is 0 Å². The lowest BCUT2D eigenvalue weighted by atomic mass is 10.0. The molecule has 0 aliphatic rings. The molecular weight excluding hydrogens is 383 g/mol. The minimum Gasteiger partial charge on any atom is -0.455 e. The molecule has 0 bridgehead atoms. The number of Topliss-reactive ketones (excluding diaryl/α,β-unsaturated/α-hetero) is 1. The average Bonchev–Trinajstić information content (AvgIpc) is 2.66. The van der Waals surface area contributed by atoms with Crippen LogP contribution in [0.15, 0.2) is 72.8 Å². The normalized spacial score (nSPS) is 10.4. The number of carbonyl (C=O) groups excluding carboxylic acids is 2. The number of hydrogen-bond donors (Lipinski definition) is 0. The molecule has 3 nitrogen and oxygen atoms in total. The van der Waals surface area contributed by atoms with Crippen LogP contribution in [0.25, 0.3) is 11.1 Å². The van der Waals surface area contributed by atoms with E-state index in [4.69, 9.17) is 27.9 Å². The molecule has 3 aromatic carbocycles. The SMILES string of the molecule is O=C(Cc1ccc(-c2cc(Cl)cc(Cl)c2)cc1)C(=O)OCc1ccccc1. The molecule has 0 heterocycles. The van der Waals surface area contributed by atoms with Crippen LogP contribution in [0, 0.1) is 0 Å². The van der Waals surface area contributed by atoms with Gasteiger partial charge in [-0.05, 0) is 40.5 Å². The minimum atomic E-state index is -0.829. The summed E-state index contributed by atoms with van der Waals surface area (Å²) < 4.78 is 5.06. The largest absolute Gasteiger partial charge is 0.455 e. The molecule has 0 fully saturated rings. The summed E-state index contributed by atoms with van der Waals surface area (Å²) in [6.07, 6.45) is -0.00972. The van der Waals surface area contributed by atoms with E-state index < -0.39 is 11.8 Å². The Hall–Kier alpha value is -2.62. The minimum absolute atomic E-state index is 0.00972. The summed E-state index contributed by atoms with van der Waals surface area (Å²) in [7, 11) is 0. The molecule has 27 heavy (non-hydrogen) atoms. The van der Waals surface area contributed by atoms with Crippen LogP contribution >= 0.6 is 23.2 Å². The number of rotatable bonds is 6. The van der Waals surface area contributed by atoms with E-state index in [9.17, 15) is 9.59 Å². The van der Waals surface area contributed by atoms with Gasteiger partial charge in [-0.2, -0.15) is 0 Å². The molecule has 0 saturated carbocycles. The predicted octanol–water partition coefficient (Wildman–Crippen LogP) is 5.52. The zero-order valence-electron chi connectivity index (χ0n) is 14.3. The van der Waals surface area contributed by atoms with Crippen molar-refractivity contribution < 1.29 is 14.3 Å². The molecule has 0 saturated heterocycles. The maximum atomic E-state index is 12.1. The Morgan fingerprint density at radius 1 is 0.741 bits per heavy atom. The van der Waals surface area contributed by atoms with Crippen molar-refractivity contribution in [2.45, 2.75) is 13.0 Å². The summed E-state index contributed by atoms with van der Waals surface area (Å²) in [6, 6.07) is 21.8. The monoisotopic (exact) mass is 398 g/mol. The quantitative estimate of drug-likeness (QED) is 0.405. The predicted molar refractivity (Wildman–Crippen MR) is 107 cm³/mol. The van der Waals surface area contributed by atoms with E-state index in [1.165, 1.54) is 0 Å². The number of ketones is 1. The first-order valence-corrected chi connectivity index (χ1v) is 9.06. The molecule has 0 spiro atoms. The van der Waals surface area contributed by atoms with Gasteiger partial charge in [0.2, 0.25) is 5.78 Å². The maximum absolute atomic E-state index is 12.1. The number of hydrogen-bond acceptors (Lipinski definition) is 3. The first-order chi connectivity index (χ1) is 13.0. The number of carbonyl (C=O) groups is 2.